The van der Waals surface area contributed by atoms with Crippen molar-refractivity contribution in [3.63, 3.8) is 0 Å². The number of nitrogens with two attached hydrogens (primary N) is 2. The van der Waals surface area contributed by atoms with Gasteiger partial charge in [0.2, 0.25) is 5.84 Å². The summed E-state index contributed by atoms with van der Waals surface area (Å²) in [6, 6.07) is 0. The maximum absolute atomic E-state index is 12.7. The van der Waals surface area contributed by atoms with Crippen LogP contribution >= 0.6 is 0 Å². The molecule has 0 fully saturated rings. The normalized spacial score (nSPS) is 14.7. The number of oxime groups is 1. The lowest BCUT2D eigenvalue weighted by Gasteiger charge is -2.21. The van der Waals surface area contributed by atoms with Crippen molar-refractivity contribution in [3.05, 3.63) is 12.2 Å². The Morgan fingerprint density at radius 3 is 2.00 bits per heavy atom. The molecule has 0 aromatic rings. The first kappa shape index (κ1) is 16.1. The number of hydrogen-bond acceptors (Lipinski definition) is 3. The number of halogens is 5. The lowest BCUT2D eigenvalue weighted by Crippen LogP contribution is -2.38. The fraction of sp³-hybridized carbons (Fsp3) is 0.500. The van der Waals surface area contributed by atoms with Gasteiger partial charge in [-0.15, -0.1) is 0 Å². The van der Waals surface area contributed by atoms with Crippen LogP contribution in [0.2, 0.25) is 0 Å². The Labute approximate surface area is 98.7 Å². The van der Waals surface area contributed by atoms with Gasteiger partial charge in [0.15, 0.2) is 5.84 Å². The molecule has 0 aliphatic carbocycles. The molecule has 104 valence electrons. The lowest BCUT2D eigenvalue weighted by molar-refractivity contribution is -0.264. The summed E-state index contributed by atoms with van der Waals surface area (Å²) < 4.78 is 61.1. The van der Waals surface area contributed by atoms with Gasteiger partial charge in [-0.25, -0.2) is 0 Å². The van der Waals surface area contributed by atoms with Crippen LogP contribution in [0.1, 0.15) is 6.42 Å². The number of nitrogens with zero attached hydrogens (tertiary/aromatic N) is 2. The molecule has 0 amide bonds. The summed E-state index contributed by atoms with van der Waals surface area (Å²) in [7, 11) is 0. The zero-order valence-corrected chi connectivity index (χ0v) is 9.01. The van der Waals surface area contributed by atoms with Crippen molar-refractivity contribution in [1.29, 1.82) is 0 Å². The summed E-state index contributed by atoms with van der Waals surface area (Å²) in [6.07, 6.45) is -6.45. The molecule has 0 heterocycles. The first-order chi connectivity index (χ1) is 8.04. The number of hydrogen-bond donors (Lipinski definition) is 3. The molecule has 0 aromatic carbocycles. The molecule has 18 heavy (non-hydrogen) atoms. The second-order valence-electron chi connectivity index (χ2n) is 3.18. The van der Waals surface area contributed by atoms with Gasteiger partial charge in [-0.05, 0) is 6.42 Å². The summed E-state index contributed by atoms with van der Waals surface area (Å²) in [5, 5.41) is 10.6. The topological polar surface area (TPSA) is 97.0 Å². The standard InChI is InChI=1S/C8H11F5N4O/c1-4(7(9,10)8(11,12)13)2-3-16-5(14)6(15)17-18/h18H,1-3H2,(H2,14,16)(H2,15,17). The van der Waals surface area contributed by atoms with E-state index in [1.807, 2.05) is 0 Å². The van der Waals surface area contributed by atoms with Crippen LogP contribution in [0, 0.1) is 0 Å². The third-order valence-electron chi connectivity index (χ3n) is 1.87. The molecule has 5 N–H and O–H groups in total. The Bertz CT molecular complexity index is 374. The van der Waals surface area contributed by atoms with E-state index >= 15 is 0 Å². The van der Waals surface area contributed by atoms with E-state index in [1.165, 1.54) is 0 Å². The van der Waals surface area contributed by atoms with Gasteiger partial charge < -0.3 is 16.7 Å². The van der Waals surface area contributed by atoms with E-state index in [1.54, 1.807) is 0 Å². The largest absolute Gasteiger partial charge is 0.457 e. The quantitative estimate of drug-likeness (QED) is 0.180. The van der Waals surface area contributed by atoms with E-state index in [9.17, 15) is 22.0 Å². The van der Waals surface area contributed by atoms with E-state index in [2.05, 4.69) is 16.7 Å². The van der Waals surface area contributed by atoms with Crippen LogP contribution in [0.4, 0.5) is 22.0 Å². The fourth-order valence-corrected chi connectivity index (χ4v) is 0.801. The van der Waals surface area contributed by atoms with E-state index in [0.29, 0.717) is 0 Å². The number of alkyl halides is 5. The molecule has 0 atom stereocenters. The molecule has 0 aliphatic heterocycles. The highest BCUT2D eigenvalue weighted by molar-refractivity contribution is 6.39. The maximum atomic E-state index is 12.7. The van der Waals surface area contributed by atoms with Crippen LogP contribution in [0.15, 0.2) is 22.3 Å². The van der Waals surface area contributed by atoms with Crippen molar-refractivity contribution in [2.45, 2.75) is 18.5 Å². The van der Waals surface area contributed by atoms with Gasteiger partial charge >= 0.3 is 12.1 Å². The molecule has 0 saturated heterocycles. The Balaban J connectivity index is 4.55. The molecule has 0 bridgehead atoms. The molecule has 0 rings (SSSR count). The Kier molecular flexibility index (Phi) is 5.06. The molecule has 0 saturated carbocycles. The summed E-state index contributed by atoms with van der Waals surface area (Å²) in [5.74, 6) is -6.03. The first-order valence-corrected chi connectivity index (χ1v) is 4.44. The minimum atomic E-state index is -5.70. The average Bonchev–Trinajstić information content (AvgIpc) is 2.25. The third-order valence-corrected chi connectivity index (χ3v) is 1.87. The van der Waals surface area contributed by atoms with Gasteiger partial charge in [0.25, 0.3) is 0 Å². The first-order valence-electron chi connectivity index (χ1n) is 4.44. The third kappa shape index (κ3) is 3.86. The van der Waals surface area contributed by atoms with Gasteiger partial charge in [0.05, 0.1) is 0 Å². The van der Waals surface area contributed by atoms with Crippen molar-refractivity contribution in [2.24, 2.45) is 21.6 Å². The summed E-state index contributed by atoms with van der Waals surface area (Å²) in [4.78, 5) is 3.35. The van der Waals surface area contributed by atoms with Crippen LogP contribution < -0.4 is 11.5 Å². The maximum Gasteiger partial charge on any atom is 0.457 e. The van der Waals surface area contributed by atoms with Gasteiger partial charge in [0.1, 0.15) is 0 Å². The Morgan fingerprint density at radius 1 is 1.11 bits per heavy atom. The molecule has 0 aliphatic rings. The van der Waals surface area contributed by atoms with Crippen LogP contribution in [0.3, 0.4) is 0 Å². The molecule has 0 unspecified atom stereocenters. The summed E-state index contributed by atoms with van der Waals surface area (Å²) in [5.41, 5.74) is 8.74. The van der Waals surface area contributed by atoms with Crippen molar-refractivity contribution in [1.82, 2.24) is 0 Å². The minimum Gasteiger partial charge on any atom is -0.409 e. The Hall–Kier alpha value is -1.87. The van der Waals surface area contributed by atoms with Crippen molar-refractivity contribution in [3.8, 4) is 0 Å². The second-order valence-corrected chi connectivity index (χ2v) is 3.18. The molecule has 0 spiro atoms. The predicted octanol–water partition coefficient (Wildman–Crippen LogP) is 1.23. The van der Waals surface area contributed by atoms with Crippen LogP contribution in [0.25, 0.3) is 0 Å². The van der Waals surface area contributed by atoms with Crippen LogP contribution in [0.5, 0.6) is 0 Å². The molecule has 0 aromatic heterocycles. The second kappa shape index (κ2) is 5.65. The fourth-order valence-electron chi connectivity index (χ4n) is 0.801. The number of amidine groups is 2. The van der Waals surface area contributed by atoms with E-state index in [-0.39, 0.29) is 0 Å². The Morgan fingerprint density at radius 2 is 1.61 bits per heavy atom. The predicted molar refractivity (Wildman–Crippen MR) is 54.7 cm³/mol. The minimum absolute atomic E-state index is 0.472. The summed E-state index contributed by atoms with van der Waals surface area (Å²) in [6.45, 7) is 2.17. The SMILES string of the molecule is C=C(CC/N=C(N)/C(N)=N/O)C(F)(F)C(F)(F)F. The number of aliphatic imine (C=N–C) groups is 1. The van der Waals surface area contributed by atoms with E-state index < -0.39 is 42.3 Å². The van der Waals surface area contributed by atoms with Crippen molar-refractivity contribution < 1.29 is 27.2 Å². The summed E-state index contributed by atoms with van der Waals surface area (Å²) >= 11 is 0. The highest BCUT2D eigenvalue weighted by Crippen LogP contribution is 2.41. The van der Waals surface area contributed by atoms with Gasteiger partial charge in [-0.1, -0.05) is 11.7 Å². The van der Waals surface area contributed by atoms with Gasteiger partial charge in [-0.2, -0.15) is 22.0 Å². The van der Waals surface area contributed by atoms with Gasteiger partial charge in [0, 0.05) is 12.1 Å². The molecular formula is C8H11F5N4O. The molecule has 10 heteroatoms. The van der Waals surface area contributed by atoms with Gasteiger partial charge in [-0.3, -0.25) is 4.99 Å². The van der Waals surface area contributed by atoms with Crippen LogP contribution in [-0.2, 0) is 0 Å². The molecule has 5 nitrogen and oxygen atoms in total. The van der Waals surface area contributed by atoms with E-state index in [4.69, 9.17) is 16.7 Å². The van der Waals surface area contributed by atoms with Crippen LogP contribution in [-0.4, -0.2) is 35.5 Å². The monoisotopic (exact) mass is 274 g/mol. The number of rotatable bonds is 4. The zero-order chi connectivity index (χ0) is 14.6. The average molecular weight is 274 g/mol. The van der Waals surface area contributed by atoms with Crippen molar-refractivity contribution >= 4 is 11.7 Å². The zero-order valence-electron chi connectivity index (χ0n) is 9.01. The highest BCUT2D eigenvalue weighted by atomic mass is 19.4. The van der Waals surface area contributed by atoms with E-state index in [0.717, 1.165) is 0 Å². The molecule has 0 radical (unpaired) electrons. The lowest BCUT2D eigenvalue weighted by atomic mass is 10.1. The smallest absolute Gasteiger partial charge is 0.409 e. The van der Waals surface area contributed by atoms with Crippen molar-refractivity contribution in [2.75, 3.05) is 6.54 Å². The highest BCUT2D eigenvalue weighted by Gasteiger charge is 2.58. The molecular weight excluding hydrogens is 263 g/mol.